The van der Waals surface area contributed by atoms with E-state index in [0.29, 0.717) is 11.3 Å². The van der Waals surface area contributed by atoms with Crippen LogP contribution in [0.3, 0.4) is 0 Å². The molecule has 3 aromatic rings. The van der Waals surface area contributed by atoms with E-state index in [-0.39, 0.29) is 22.6 Å². The minimum Gasteiger partial charge on any atom is -0.504 e. The van der Waals surface area contributed by atoms with Crippen molar-refractivity contribution >= 4 is 23.7 Å². The molecule has 8 heteroatoms. The molecule has 0 spiro atoms. The molecule has 0 aliphatic carbocycles. The van der Waals surface area contributed by atoms with E-state index >= 15 is 0 Å². The highest BCUT2D eigenvalue weighted by molar-refractivity contribution is 6.05. The van der Waals surface area contributed by atoms with Crippen molar-refractivity contribution in [2.45, 2.75) is 0 Å². The maximum Gasteiger partial charge on any atom is 0.271 e. The van der Waals surface area contributed by atoms with Crippen molar-refractivity contribution in [2.75, 3.05) is 12.4 Å². The fraction of sp³-hybridized carbons (Fsp3) is 0.0455. The molecule has 0 bridgehead atoms. The zero-order valence-corrected chi connectivity index (χ0v) is 15.9. The fourth-order valence-corrected chi connectivity index (χ4v) is 2.62. The van der Waals surface area contributed by atoms with Crippen LogP contribution in [0.1, 0.15) is 26.3 Å². The van der Waals surface area contributed by atoms with Gasteiger partial charge in [0.1, 0.15) is 5.82 Å². The molecule has 30 heavy (non-hydrogen) atoms. The van der Waals surface area contributed by atoms with Crippen molar-refractivity contribution in [1.82, 2.24) is 5.43 Å². The Balaban J connectivity index is 1.68. The predicted octanol–water partition coefficient (Wildman–Crippen LogP) is 3.56. The number of anilines is 1. The third kappa shape index (κ3) is 4.79. The molecule has 0 saturated heterocycles. The molecule has 3 aromatic carbocycles. The van der Waals surface area contributed by atoms with Crippen LogP contribution in [0.4, 0.5) is 10.1 Å². The molecule has 0 aliphatic heterocycles. The van der Waals surface area contributed by atoms with Gasteiger partial charge in [-0.2, -0.15) is 5.10 Å². The standard InChI is InChI=1S/C22H18FN3O4/c1-30-19-11-5-7-15(20(19)27)13-24-26-21(28)14-6-4-8-16(12-14)25-22(29)17-9-2-3-10-18(17)23/h2-13,27H,1H3,(H,25,29)(H,26,28)/b24-13-. The molecule has 0 unspecified atom stereocenters. The number of benzene rings is 3. The fourth-order valence-electron chi connectivity index (χ4n) is 2.62. The van der Waals surface area contributed by atoms with Gasteiger partial charge in [0.25, 0.3) is 11.8 Å². The number of nitrogens with one attached hydrogen (secondary N) is 2. The lowest BCUT2D eigenvalue weighted by Gasteiger charge is -2.08. The average molecular weight is 407 g/mol. The second-order valence-electron chi connectivity index (χ2n) is 6.11. The second kappa shape index (κ2) is 9.33. The van der Waals surface area contributed by atoms with Crippen molar-refractivity contribution in [1.29, 1.82) is 0 Å². The number of rotatable bonds is 6. The molecule has 0 saturated carbocycles. The smallest absolute Gasteiger partial charge is 0.271 e. The van der Waals surface area contributed by atoms with E-state index in [4.69, 9.17) is 4.74 Å². The molecule has 0 heterocycles. The van der Waals surface area contributed by atoms with Gasteiger partial charge >= 0.3 is 0 Å². The van der Waals surface area contributed by atoms with Gasteiger partial charge in [-0.05, 0) is 42.5 Å². The molecule has 2 amide bonds. The Bertz CT molecular complexity index is 1120. The highest BCUT2D eigenvalue weighted by Gasteiger charge is 2.12. The zero-order chi connectivity index (χ0) is 21.5. The van der Waals surface area contributed by atoms with Gasteiger partial charge in [-0.25, -0.2) is 9.82 Å². The Labute approximate surface area is 171 Å². The number of ether oxygens (including phenoxy) is 1. The number of halogens is 1. The van der Waals surface area contributed by atoms with Crippen molar-refractivity contribution in [3.63, 3.8) is 0 Å². The molecule has 152 valence electrons. The van der Waals surface area contributed by atoms with Gasteiger partial charge in [0, 0.05) is 16.8 Å². The zero-order valence-electron chi connectivity index (χ0n) is 15.9. The van der Waals surface area contributed by atoms with Crippen LogP contribution in [-0.2, 0) is 0 Å². The number of phenols is 1. The lowest BCUT2D eigenvalue weighted by atomic mass is 10.1. The third-order valence-electron chi connectivity index (χ3n) is 4.12. The van der Waals surface area contributed by atoms with Crippen LogP contribution in [0.2, 0.25) is 0 Å². The summed E-state index contributed by atoms with van der Waals surface area (Å²) in [5.74, 6) is -1.62. The maximum absolute atomic E-state index is 13.7. The average Bonchev–Trinajstić information content (AvgIpc) is 2.75. The van der Waals surface area contributed by atoms with E-state index in [9.17, 15) is 19.1 Å². The molecule has 0 aromatic heterocycles. The number of para-hydroxylation sites is 1. The molecule has 0 aliphatic rings. The highest BCUT2D eigenvalue weighted by atomic mass is 19.1. The normalized spacial score (nSPS) is 10.6. The van der Waals surface area contributed by atoms with E-state index < -0.39 is 17.6 Å². The van der Waals surface area contributed by atoms with Crippen LogP contribution < -0.4 is 15.5 Å². The number of methoxy groups -OCH3 is 1. The minimum absolute atomic E-state index is 0.101. The number of phenolic OH excluding ortho intramolecular Hbond substituents is 1. The largest absolute Gasteiger partial charge is 0.504 e. The van der Waals surface area contributed by atoms with Gasteiger partial charge in [0.15, 0.2) is 11.5 Å². The second-order valence-corrected chi connectivity index (χ2v) is 6.11. The number of hydrogen-bond donors (Lipinski definition) is 3. The quantitative estimate of drug-likeness (QED) is 0.430. The number of amides is 2. The molecule has 3 rings (SSSR count). The summed E-state index contributed by atoms with van der Waals surface area (Å²) >= 11 is 0. The van der Waals surface area contributed by atoms with Crippen molar-refractivity contribution < 1.29 is 23.8 Å². The molecule has 0 fully saturated rings. The summed E-state index contributed by atoms with van der Waals surface area (Å²) in [5.41, 5.74) is 3.15. The molecular weight excluding hydrogens is 389 g/mol. The lowest BCUT2D eigenvalue weighted by Crippen LogP contribution is -2.18. The van der Waals surface area contributed by atoms with Gasteiger partial charge < -0.3 is 15.2 Å². The summed E-state index contributed by atoms with van der Waals surface area (Å²) in [7, 11) is 1.43. The topological polar surface area (TPSA) is 100 Å². The molecule has 0 atom stereocenters. The number of carbonyl (C=O) groups excluding carboxylic acids is 2. The maximum atomic E-state index is 13.7. The Morgan fingerprint density at radius 2 is 1.80 bits per heavy atom. The third-order valence-corrected chi connectivity index (χ3v) is 4.12. The van der Waals surface area contributed by atoms with Crippen molar-refractivity contribution in [2.24, 2.45) is 5.10 Å². The Morgan fingerprint density at radius 3 is 2.57 bits per heavy atom. The van der Waals surface area contributed by atoms with Crippen LogP contribution in [0, 0.1) is 5.82 Å². The number of hydrazone groups is 1. The van der Waals surface area contributed by atoms with Crippen LogP contribution in [-0.4, -0.2) is 30.2 Å². The summed E-state index contributed by atoms with van der Waals surface area (Å²) in [6, 6.07) is 16.6. The highest BCUT2D eigenvalue weighted by Crippen LogP contribution is 2.27. The van der Waals surface area contributed by atoms with Crippen LogP contribution in [0.5, 0.6) is 11.5 Å². The number of nitrogens with zero attached hydrogens (tertiary/aromatic N) is 1. The monoisotopic (exact) mass is 407 g/mol. The first-order valence-electron chi connectivity index (χ1n) is 8.85. The lowest BCUT2D eigenvalue weighted by molar-refractivity contribution is 0.0953. The summed E-state index contributed by atoms with van der Waals surface area (Å²) in [4.78, 5) is 24.5. The minimum atomic E-state index is -0.640. The van der Waals surface area contributed by atoms with Crippen LogP contribution in [0.25, 0.3) is 0 Å². The van der Waals surface area contributed by atoms with Gasteiger partial charge in [0.2, 0.25) is 0 Å². The number of hydrogen-bond acceptors (Lipinski definition) is 5. The molecule has 7 nitrogen and oxygen atoms in total. The van der Waals surface area contributed by atoms with Gasteiger partial charge in [-0.1, -0.05) is 24.3 Å². The van der Waals surface area contributed by atoms with Gasteiger partial charge in [0.05, 0.1) is 18.9 Å². The summed E-state index contributed by atoms with van der Waals surface area (Å²) in [6.45, 7) is 0. The summed E-state index contributed by atoms with van der Waals surface area (Å²) < 4.78 is 18.7. The number of carbonyl (C=O) groups is 2. The van der Waals surface area contributed by atoms with Crippen molar-refractivity contribution in [3.05, 3.63) is 89.2 Å². The Kier molecular flexibility index (Phi) is 6.39. The van der Waals surface area contributed by atoms with E-state index in [1.807, 2.05) is 0 Å². The first-order chi connectivity index (χ1) is 14.5. The predicted molar refractivity (Wildman–Crippen MR) is 111 cm³/mol. The Morgan fingerprint density at radius 1 is 1.03 bits per heavy atom. The van der Waals surface area contributed by atoms with E-state index in [2.05, 4.69) is 15.8 Å². The summed E-state index contributed by atoms with van der Waals surface area (Å²) in [5, 5.41) is 16.4. The molecular formula is C22H18FN3O4. The van der Waals surface area contributed by atoms with Crippen LogP contribution in [0.15, 0.2) is 71.8 Å². The number of aromatic hydroxyl groups is 1. The Hall–Kier alpha value is -4.20. The van der Waals surface area contributed by atoms with E-state index in [1.165, 1.54) is 43.7 Å². The molecule has 0 radical (unpaired) electrons. The van der Waals surface area contributed by atoms with Crippen molar-refractivity contribution in [3.8, 4) is 11.5 Å². The van der Waals surface area contributed by atoms with Gasteiger partial charge in [-0.15, -0.1) is 0 Å². The van der Waals surface area contributed by atoms with Gasteiger partial charge in [-0.3, -0.25) is 9.59 Å². The first-order valence-corrected chi connectivity index (χ1v) is 8.85. The summed E-state index contributed by atoms with van der Waals surface area (Å²) in [6.07, 6.45) is 1.28. The molecule has 3 N–H and O–H groups in total. The first kappa shape index (κ1) is 20.5. The van der Waals surface area contributed by atoms with E-state index in [1.54, 1.807) is 36.4 Å². The van der Waals surface area contributed by atoms with E-state index in [0.717, 1.165) is 0 Å². The van der Waals surface area contributed by atoms with Crippen LogP contribution >= 0.6 is 0 Å². The SMILES string of the molecule is COc1cccc(/C=N\NC(=O)c2cccc(NC(=O)c3ccccc3F)c2)c1O.